The van der Waals surface area contributed by atoms with Gasteiger partial charge in [0.15, 0.2) is 0 Å². The lowest BCUT2D eigenvalue weighted by atomic mass is 9.94. The molecule has 2 aliphatic heterocycles. The second-order valence-electron chi connectivity index (χ2n) is 9.21. The summed E-state index contributed by atoms with van der Waals surface area (Å²) >= 11 is 3.49. The molecule has 0 radical (unpaired) electrons. The van der Waals surface area contributed by atoms with Gasteiger partial charge in [-0.05, 0) is 62.2 Å². The first-order chi connectivity index (χ1) is 16.3. The SMILES string of the molecule is Cc1cc(C(=O)N2C[C@@H](C)N[C@@H](C)C2)c(C=C2C(=O)Nc3cccc(-c4ccc(Br)cc4)c32)[nH]1. The van der Waals surface area contributed by atoms with Crippen LogP contribution in [-0.2, 0) is 4.79 Å². The Hall–Kier alpha value is -3.16. The number of nitrogens with one attached hydrogen (secondary N) is 3. The average molecular weight is 519 g/mol. The van der Waals surface area contributed by atoms with Crippen molar-refractivity contribution in [1.29, 1.82) is 0 Å². The number of aromatic amines is 1. The molecular weight excluding hydrogens is 492 g/mol. The van der Waals surface area contributed by atoms with Crippen molar-refractivity contribution in [2.45, 2.75) is 32.9 Å². The number of carbonyl (C=O) groups is 2. The van der Waals surface area contributed by atoms with Crippen LogP contribution in [0.2, 0.25) is 0 Å². The number of piperazine rings is 1. The summed E-state index contributed by atoms with van der Waals surface area (Å²) in [6, 6.07) is 16.2. The van der Waals surface area contributed by atoms with Crippen molar-refractivity contribution < 1.29 is 9.59 Å². The van der Waals surface area contributed by atoms with Crippen LogP contribution in [0.5, 0.6) is 0 Å². The van der Waals surface area contributed by atoms with Gasteiger partial charge in [-0.1, -0.05) is 40.2 Å². The summed E-state index contributed by atoms with van der Waals surface area (Å²) in [5.41, 5.74) is 6.29. The zero-order valence-corrected chi connectivity index (χ0v) is 21.0. The second kappa shape index (κ2) is 8.89. The van der Waals surface area contributed by atoms with E-state index in [-0.39, 0.29) is 23.9 Å². The van der Waals surface area contributed by atoms with Gasteiger partial charge in [0.25, 0.3) is 11.8 Å². The molecule has 2 amide bonds. The molecule has 0 bridgehead atoms. The molecule has 2 aliphatic rings. The van der Waals surface area contributed by atoms with Crippen molar-refractivity contribution >= 4 is 45.1 Å². The number of H-pyrrole nitrogens is 1. The lowest BCUT2D eigenvalue weighted by molar-refractivity contribution is -0.110. The number of rotatable bonds is 3. The molecule has 7 heteroatoms. The van der Waals surface area contributed by atoms with E-state index in [1.165, 1.54) is 0 Å². The van der Waals surface area contributed by atoms with Gasteiger partial charge >= 0.3 is 0 Å². The van der Waals surface area contributed by atoms with Gasteiger partial charge in [-0.2, -0.15) is 0 Å². The average Bonchev–Trinajstić information content (AvgIpc) is 3.32. The molecule has 2 atom stereocenters. The maximum atomic E-state index is 13.5. The number of halogens is 1. The number of amides is 2. The molecule has 3 N–H and O–H groups in total. The minimum atomic E-state index is -0.172. The van der Waals surface area contributed by atoms with E-state index >= 15 is 0 Å². The number of hydrogen-bond donors (Lipinski definition) is 3. The molecule has 1 fully saturated rings. The van der Waals surface area contributed by atoms with Crippen LogP contribution in [0.1, 0.15) is 41.2 Å². The zero-order chi connectivity index (χ0) is 24.0. The molecule has 3 aromatic rings. The highest BCUT2D eigenvalue weighted by Gasteiger charge is 2.30. The van der Waals surface area contributed by atoms with Crippen LogP contribution in [0.15, 0.2) is 53.0 Å². The summed E-state index contributed by atoms with van der Waals surface area (Å²) in [6.07, 6.45) is 1.82. The number of nitrogens with zero attached hydrogens (tertiary/aromatic N) is 1. The van der Waals surface area contributed by atoms with E-state index < -0.39 is 0 Å². The molecule has 0 spiro atoms. The van der Waals surface area contributed by atoms with Gasteiger partial charge in [0, 0.05) is 46.6 Å². The molecule has 1 aromatic heterocycles. The second-order valence-corrected chi connectivity index (χ2v) is 10.1. The third kappa shape index (κ3) is 4.21. The van der Waals surface area contributed by atoms with Gasteiger partial charge in [0.2, 0.25) is 0 Å². The Morgan fingerprint density at radius 2 is 1.79 bits per heavy atom. The Kier molecular flexibility index (Phi) is 5.91. The number of hydrogen-bond acceptors (Lipinski definition) is 3. The van der Waals surface area contributed by atoms with Gasteiger partial charge < -0.3 is 20.5 Å². The van der Waals surface area contributed by atoms with Crippen LogP contribution in [0.25, 0.3) is 22.8 Å². The molecule has 174 valence electrons. The molecular formula is C27H27BrN4O2. The molecule has 0 unspecified atom stereocenters. The van der Waals surface area contributed by atoms with E-state index in [0.29, 0.717) is 29.9 Å². The minimum absolute atomic E-state index is 0.0174. The minimum Gasteiger partial charge on any atom is -0.358 e. The lowest BCUT2D eigenvalue weighted by Gasteiger charge is -2.36. The largest absolute Gasteiger partial charge is 0.358 e. The highest BCUT2D eigenvalue weighted by Crippen LogP contribution is 2.41. The number of benzene rings is 2. The van der Waals surface area contributed by atoms with Crippen LogP contribution < -0.4 is 10.6 Å². The fourth-order valence-corrected chi connectivity index (χ4v) is 5.23. The first kappa shape index (κ1) is 22.6. The van der Waals surface area contributed by atoms with E-state index in [2.05, 4.69) is 45.4 Å². The van der Waals surface area contributed by atoms with Crippen molar-refractivity contribution in [2.24, 2.45) is 0 Å². The molecule has 1 saturated heterocycles. The standard InChI is InChI=1S/C27H27BrN4O2/c1-15-11-21(27(34)32-13-16(2)29-17(3)14-32)24(30-15)12-22-25-20(18-7-9-19(28)10-8-18)5-4-6-23(25)31-26(22)33/h4-12,16-17,29-30H,13-14H2,1-3H3,(H,31,33)/t16-,17+. The van der Waals surface area contributed by atoms with Gasteiger partial charge in [-0.25, -0.2) is 0 Å². The van der Waals surface area contributed by atoms with Gasteiger partial charge in [0.1, 0.15) is 0 Å². The van der Waals surface area contributed by atoms with Crippen molar-refractivity contribution in [3.63, 3.8) is 0 Å². The van der Waals surface area contributed by atoms with E-state index in [9.17, 15) is 9.59 Å². The Balaban J connectivity index is 1.57. The first-order valence-corrected chi connectivity index (χ1v) is 12.3. The van der Waals surface area contributed by atoms with E-state index in [4.69, 9.17) is 0 Å². The van der Waals surface area contributed by atoms with Crippen LogP contribution >= 0.6 is 15.9 Å². The molecule has 34 heavy (non-hydrogen) atoms. The van der Waals surface area contributed by atoms with Crippen LogP contribution in [0, 0.1) is 6.92 Å². The van der Waals surface area contributed by atoms with Crippen LogP contribution in [0.3, 0.4) is 0 Å². The zero-order valence-electron chi connectivity index (χ0n) is 19.4. The number of carbonyl (C=O) groups excluding carboxylic acids is 2. The van der Waals surface area contributed by atoms with E-state index in [1.807, 2.05) is 66.4 Å². The molecule has 2 aromatic carbocycles. The summed E-state index contributed by atoms with van der Waals surface area (Å²) in [7, 11) is 0. The number of aryl methyl sites for hydroxylation is 1. The van der Waals surface area contributed by atoms with Crippen molar-refractivity contribution in [3.8, 4) is 11.1 Å². The van der Waals surface area contributed by atoms with Gasteiger partial charge in [-0.15, -0.1) is 0 Å². The normalized spacial score (nSPS) is 21.0. The Bertz CT molecular complexity index is 1300. The lowest BCUT2D eigenvalue weighted by Crippen LogP contribution is -2.55. The van der Waals surface area contributed by atoms with Crippen molar-refractivity contribution in [1.82, 2.24) is 15.2 Å². The summed E-state index contributed by atoms with van der Waals surface area (Å²) in [4.78, 5) is 31.7. The molecule has 0 aliphatic carbocycles. The predicted molar refractivity (Wildman–Crippen MR) is 140 cm³/mol. The van der Waals surface area contributed by atoms with Crippen molar-refractivity contribution in [2.75, 3.05) is 18.4 Å². The Morgan fingerprint density at radius 1 is 1.09 bits per heavy atom. The summed E-state index contributed by atoms with van der Waals surface area (Å²) in [6.45, 7) is 7.41. The maximum absolute atomic E-state index is 13.5. The predicted octanol–water partition coefficient (Wildman–Crippen LogP) is 5.07. The smallest absolute Gasteiger partial charge is 0.256 e. The summed E-state index contributed by atoms with van der Waals surface area (Å²) < 4.78 is 0.996. The molecule has 0 saturated carbocycles. The van der Waals surface area contributed by atoms with Gasteiger partial charge in [-0.3, -0.25) is 9.59 Å². The fourth-order valence-electron chi connectivity index (χ4n) is 4.97. The summed E-state index contributed by atoms with van der Waals surface area (Å²) in [5, 5.41) is 6.45. The highest BCUT2D eigenvalue weighted by molar-refractivity contribution is 9.10. The molecule has 6 nitrogen and oxygen atoms in total. The van der Waals surface area contributed by atoms with Gasteiger partial charge in [0.05, 0.1) is 16.8 Å². The Labute approximate surface area is 207 Å². The number of anilines is 1. The third-order valence-corrected chi connectivity index (χ3v) is 6.86. The van der Waals surface area contributed by atoms with Crippen LogP contribution in [-0.4, -0.2) is 46.9 Å². The van der Waals surface area contributed by atoms with E-state index in [0.717, 1.165) is 32.5 Å². The van der Waals surface area contributed by atoms with Crippen LogP contribution in [0.4, 0.5) is 5.69 Å². The first-order valence-electron chi connectivity index (χ1n) is 11.5. The molecule has 5 rings (SSSR count). The topological polar surface area (TPSA) is 77.2 Å². The monoisotopic (exact) mass is 518 g/mol. The number of aromatic nitrogens is 1. The molecule has 3 heterocycles. The number of fused-ring (bicyclic) bond motifs is 1. The quantitative estimate of drug-likeness (QED) is 0.423. The Morgan fingerprint density at radius 3 is 2.50 bits per heavy atom. The highest BCUT2D eigenvalue weighted by atomic mass is 79.9. The summed E-state index contributed by atoms with van der Waals surface area (Å²) in [5.74, 6) is -0.189. The fraction of sp³-hybridized carbons (Fsp3) is 0.259. The maximum Gasteiger partial charge on any atom is 0.256 e. The van der Waals surface area contributed by atoms with E-state index in [1.54, 1.807) is 0 Å². The third-order valence-electron chi connectivity index (χ3n) is 6.33. The van der Waals surface area contributed by atoms with Crippen molar-refractivity contribution in [3.05, 3.63) is 75.5 Å².